The average molecular weight is 312 g/mol. The van der Waals surface area contributed by atoms with Gasteiger partial charge in [0.25, 0.3) is 0 Å². The molecule has 0 saturated carbocycles. The lowest BCUT2D eigenvalue weighted by atomic mass is 9.95. The van der Waals surface area contributed by atoms with Gasteiger partial charge in [0.05, 0.1) is 18.7 Å². The van der Waals surface area contributed by atoms with E-state index in [1.807, 2.05) is 29.8 Å². The molecule has 0 saturated heterocycles. The number of fused-ring (bicyclic) bond motifs is 1. The molecule has 0 aliphatic carbocycles. The predicted molar refractivity (Wildman–Crippen MR) is 75.5 cm³/mol. The van der Waals surface area contributed by atoms with Crippen LogP contribution in [0.5, 0.6) is 0 Å². The van der Waals surface area contributed by atoms with Crippen LogP contribution in [-0.2, 0) is 11.3 Å². The van der Waals surface area contributed by atoms with E-state index >= 15 is 0 Å². The third-order valence-corrected chi connectivity index (χ3v) is 3.41. The molecule has 1 aromatic heterocycles. The van der Waals surface area contributed by atoms with Crippen molar-refractivity contribution in [3.8, 4) is 0 Å². The lowest BCUT2D eigenvalue weighted by molar-refractivity contribution is 0.0594. The Bertz CT molecular complexity index is 536. The van der Waals surface area contributed by atoms with Gasteiger partial charge >= 0.3 is 0 Å². The van der Waals surface area contributed by atoms with E-state index in [1.54, 1.807) is 0 Å². The standard InChI is InChI=1S/C13H18BrN3O/c1-4-18-9-13(2,3)8-17-11-7-5-6-10(14)12(11)15-16-17/h5-7H,4,8-9H2,1-3H3. The molecule has 0 spiro atoms. The normalized spacial score (nSPS) is 12.2. The fourth-order valence-corrected chi connectivity index (χ4v) is 2.34. The van der Waals surface area contributed by atoms with Gasteiger partial charge in [-0.2, -0.15) is 0 Å². The van der Waals surface area contributed by atoms with E-state index in [-0.39, 0.29) is 5.41 Å². The maximum Gasteiger partial charge on any atom is 0.127 e. The first-order valence-corrected chi connectivity index (χ1v) is 6.88. The van der Waals surface area contributed by atoms with Gasteiger partial charge in [-0.15, -0.1) is 5.10 Å². The van der Waals surface area contributed by atoms with E-state index in [4.69, 9.17) is 4.74 Å². The molecule has 0 amide bonds. The first-order chi connectivity index (χ1) is 8.53. The molecule has 5 heteroatoms. The minimum atomic E-state index is 0.0406. The Kier molecular flexibility index (Phi) is 4.02. The molecule has 0 aliphatic heterocycles. The van der Waals surface area contributed by atoms with Crippen molar-refractivity contribution in [3.63, 3.8) is 0 Å². The summed E-state index contributed by atoms with van der Waals surface area (Å²) in [5, 5.41) is 8.44. The van der Waals surface area contributed by atoms with Gasteiger partial charge < -0.3 is 4.74 Å². The van der Waals surface area contributed by atoms with E-state index in [0.29, 0.717) is 0 Å². The van der Waals surface area contributed by atoms with Crippen molar-refractivity contribution in [1.29, 1.82) is 0 Å². The Morgan fingerprint density at radius 1 is 1.39 bits per heavy atom. The summed E-state index contributed by atoms with van der Waals surface area (Å²) in [7, 11) is 0. The van der Waals surface area contributed by atoms with Crippen molar-refractivity contribution in [2.45, 2.75) is 27.3 Å². The van der Waals surface area contributed by atoms with Crippen LogP contribution in [0.2, 0.25) is 0 Å². The number of rotatable bonds is 5. The molecule has 0 radical (unpaired) electrons. The molecular weight excluding hydrogens is 294 g/mol. The zero-order chi connectivity index (χ0) is 13.2. The highest BCUT2D eigenvalue weighted by Crippen LogP contribution is 2.24. The Labute approximate surface area is 115 Å². The Hall–Kier alpha value is -0.940. The van der Waals surface area contributed by atoms with Crippen molar-refractivity contribution in [2.24, 2.45) is 5.41 Å². The first-order valence-electron chi connectivity index (χ1n) is 6.09. The SMILES string of the molecule is CCOCC(C)(C)Cn1nnc2c(Br)cccc21. The van der Waals surface area contributed by atoms with E-state index in [0.717, 1.165) is 35.3 Å². The largest absolute Gasteiger partial charge is 0.381 e. The zero-order valence-electron chi connectivity index (χ0n) is 11.0. The van der Waals surface area contributed by atoms with E-state index in [1.165, 1.54) is 0 Å². The molecule has 2 aromatic rings. The van der Waals surface area contributed by atoms with E-state index in [9.17, 15) is 0 Å². The monoisotopic (exact) mass is 311 g/mol. The molecule has 0 atom stereocenters. The highest BCUT2D eigenvalue weighted by Gasteiger charge is 2.21. The van der Waals surface area contributed by atoms with Crippen molar-refractivity contribution in [1.82, 2.24) is 15.0 Å². The lowest BCUT2D eigenvalue weighted by Crippen LogP contribution is -2.26. The average Bonchev–Trinajstić information content (AvgIpc) is 2.71. The molecule has 1 heterocycles. The maximum absolute atomic E-state index is 5.51. The summed E-state index contributed by atoms with van der Waals surface area (Å²) in [5.41, 5.74) is 2.00. The topological polar surface area (TPSA) is 39.9 Å². The minimum absolute atomic E-state index is 0.0406. The van der Waals surface area contributed by atoms with Crippen LogP contribution >= 0.6 is 15.9 Å². The van der Waals surface area contributed by atoms with Crippen LogP contribution in [0, 0.1) is 5.41 Å². The van der Waals surface area contributed by atoms with Crippen LogP contribution < -0.4 is 0 Å². The summed E-state index contributed by atoms with van der Waals surface area (Å²) in [6.45, 7) is 8.62. The number of halogens is 1. The quantitative estimate of drug-likeness (QED) is 0.851. The number of aromatic nitrogens is 3. The number of hydrogen-bond acceptors (Lipinski definition) is 3. The highest BCUT2D eigenvalue weighted by molar-refractivity contribution is 9.10. The van der Waals surface area contributed by atoms with Crippen LogP contribution in [0.3, 0.4) is 0 Å². The number of nitrogens with zero attached hydrogens (tertiary/aromatic N) is 3. The maximum atomic E-state index is 5.51. The summed E-state index contributed by atoms with van der Waals surface area (Å²) < 4.78 is 8.44. The molecule has 18 heavy (non-hydrogen) atoms. The molecule has 4 nitrogen and oxygen atoms in total. The van der Waals surface area contributed by atoms with Gasteiger partial charge in [-0.05, 0) is 35.0 Å². The molecule has 1 aromatic carbocycles. The smallest absolute Gasteiger partial charge is 0.127 e. The van der Waals surface area contributed by atoms with E-state index in [2.05, 4.69) is 40.1 Å². The first kappa shape index (κ1) is 13.5. The third kappa shape index (κ3) is 2.90. The van der Waals surface area contributed by atoms with Crippen molar-refractivity contribution >= 4 is 27.0 Å². The number of benzene rings is 1. The highest BCUT2D eigenvalue weighted by atomic mass is 79.9. The Balaban J connectivity index is 2.24. The van der Waals surface area contributed by atoms with Gasteiger partial charge in [-0.25, -0.2) is 4.68 Å². The molecule has 0 bridgehead atoms. The van der Waals surface area contributed by atoms with Crippen molar-refractivity contribution < 1.29 is 4.74 Å². The van der Waals surface area contributed by atoms with Gasteiger partial charge in [0.1, 0.15) is 5.52 Å². The fourth-order valence-electron chi connectivity index (χ4n) is 1.90. The van der Waals surface area contributed by atoms with Crippen LogP contribution in [0.4, 0.5) is 0 Å². The summed E-state index contributed by atoms with van der Waals surface area (Å²) in [6, 6.07) is 6.02. The van der Waals surface area contributed by atoms with Crippen LogP contribution in [0.1, 0.15) is 20.8 Å². The second kappa shape index (κ2) is 5.36. The van der Waals surface area contributed by atoms with Crippen LogP contribution in [-0.4, -0.2) is 28.2 Å². The summed E-state index contributed by atoms with van der Waals surface area (Å²) in [5.74, 6) is 0. The number of hydrogen-bond donors (Lipinski definition) is 0. The van der Waals surface area contributed by atoms with Crippen molar-refractivity contribution in [3.05, 3.63) is 22.7 Å². The van der Waals surface area contributed by atoms with Gasteiger partial charge in [-0.3, -0.25) is 0 Å². The molecule has 0 aliphatic rings. The minimum Gasteiger partial charge on any atom is -0.381 e. The van der Waals surface area contributed by atoms with E-state index < -0.39 is 0 Å². The molecule has 0 fully saturated rings. The summed E-state index contributed by atoms with van der Waals surface area (Å²) >= 11 is 3.49. The second-order valence-electron chi connectivity index (χ2n) is 5.16. The van der Waals surface area contributed by atoms with Crippen molar-refractivity contribution in [2.75, 3.05) is 13.2 Å². The summed E-state index contributed by atoms with van der Waals surface area (Å²) in [6.07, 6.45) is 0. The van der Waals surface area contributed by atoms with Crippen LogP contribution in [0.25, 0.3) is 11.0 Å². The molecule has 2 rings (SSSR count). The number of ether oxygens (including phenoxy) is 1. The molecule has 98 valence electrons. The Morgan fingerprint density at radius 3 is 2.89 bits per heavy atom. The van der Waals surface area contributed by atoms with Gasteiger partial charge in [0, 0.05) is 16.5 Å². The van der Waals surface area contributed by atoms with Gasteiger partial charge in [-0.1, -0.05) is 25.1 Å². The van der Waals surface area contributed by atoms with Gasteiger partial charge in [0.2, 0.25) is 0 Å². The fraction of sp³-hybridized carbons (Fsp3) is 0.538. The molecule has 0 N–H and O–H groups in total. The predicted octanol–water partition coefficient (Wildman–Crippen LogP) is 3.26. The lowest BCUT2D eigenvalue weighted by Gasteiger charge is -2.24. The second-order valence-corrected chi connectivity index (χ2v) is 6.01. The Morgan fingerprint density at radius 2 is 2.17 bits per heavy atom. The van der Waals surface area contributed by atoms with Crippen LogP contribution in [0.15, 0.2) is 22.7 Å². The molecule has 0 unspecified atom stereocenters. The molecular formula is C13H18BrN3O. The van der Waals surface area contributed by atoms with Gasteiger partial charge in [0.15, 0.2) is 0 Å². The zero-order valence-corrected chi connectivity index (χ0v) is 12.6. The third-order valence-electron chi connectivity index (χ3n) is 2.77. The summed E-state index contributed by atoms with van der Waals surface area (Å²) in [4.78, 5) is 0.